The molecule has 1 saturated heterocycles. The zero-order valence-corrected chi connectivity index (χ0v) is 13.9. The molecule has 1 aliphatic rings. The fourth-order valence-corrected chi connectivity index (χ4v) is 3.30. The molecule has 2 heterocycles. The molecule has 0 bridgehead atoms. The Labute approximate surface area is 127 Å². The summed E-state index contributed by atoms with van der Waals surface area (Å²) in [5.41, 5.74) is 0. The Bertz CT molecular complexity index is 383. The normalized spacial score (nSPS) is 18.0. The van der Waals surface area contributed by atoms with E-state index in [1.54, 1.807) is 0 Å². The molecular weight excluding hydrogens is 268 g/mol. The number of nitrogens with zero attached hydrogens (tertiary/aromatic N) is 3. The van der Waals surface area contributed by atoms with E-state index in [4.69, 9.17) is 0 Å². The Morgan fingerprint density at radius 2 is 1.95 bits per heavy atom. The summed E-state index contributed by atoms with van der Waals surface area (Å²) in [7, 11) is 0. The van der Waals surface area contributed by atoms with Crippen molar-refractivity contribution in [2.24, 2.45) is 0 Å². The van der Waals surface area contributed by atoms with Gasteiger partial charge in [-0.05, 0) is 6.54 Å². The van der Waals surface area contributed by atoms with Crippen LogP contribution in [0.25, 0.3) is 0 Å². The first kappa shape index (κ1) is 15.9. The van der Waals surface area contributed by atoms with Gasteiger partial charge in [0.05, 0.1) is 5.01 Å². The quantitative estimate of drug-likeness (QED) is 0.832. The van der Waals surface area contributed by atoms with Crippen molar-refractivity contribution in [2.45, 2.75) is 39.8 Å². The summed E-state index contributed by atoms with van der Waals surface area (Å²) in [6.45, 7) is 14.8. The van der Waals surface area contributed by atoms with Crippen molar-refractivity contribution in [3.05, 3.63) is 16.1 Å². The van der Waals surface area contributed by atoms with Gasteiger partial charge in [-0.3, -0.25) is 0 Å². The van der Waals surface area contributed by atoms with E-state index in [2.05, 4.69) is 40.9 Å². The molecule has 1 aliphatic heterocycles. The van der Waals surface area contributed by atoms with Crippen LogP contribution in [-0.4, -0.2) is 60.1 Å². The van der Waals surface area contributed by atoms with Gasteiger partial charge in [-0.1, -0.05) is 20.8 Å². The molecule has 2 rings (SSSR count). The molecule has 5 heteroatoms. The third-order valence-electron chi connectivity index (χ3n) is 3.84. The lowest BCUT2D eigenvalue weighted by molar-refractivity contribution is 0.138. The molecular formula is C15H28N4S. The van der Waals surface area contributed by atoms with Gasteiger partial charge in [0.1, 0.15) is 0 Å². The number of thiazole rings is 1. The van der Waals surface area contributed by atoms with Crippen LogP contribution in [0.5, 0.6) is 0 Å². The van der Waals surface area contributed by atoms with Gasteiger partial charge in [0.2, 0.25) is 0 Å². The first-order chi connectivity index (χ1) is 9.67. The molecule has 1 aromatic heterocycles. The van der Waals surface area contributed by atoms with Crippen molar-refractivity contribution in [3.8, 4) is 0 Å². The second-order valence-corrected chi connectivity index (χ2v) is 6.98. The Morgan fingerprint density at radius 1 is 1.25 bits per heavy atom. The van der Waals surface area contributed by atoms with E-state index in [0.717, 1.165) is 19.5 Å². The van der Waals surface area contributed by atoms with Gasteiger partial charge in [0.15, 0.2) is 0 Å². The van der Waals surface area contributed by atoms with E-state index >= 15 is 0 Å². The van der Waals surface area contributed by atoms with E-state index in [1.165, 1.54) is 42.6 Å². The minimum Gasteiger partial charge on any atom is -0.310 e. The maximum atomic E-state index is 4.55. The highest BCUT2D eigenvalue weighted by atomic mass is 32.1. The average Bonchev–Trinajstić information content (AvgIpc) is 2.91. The van der Waals surface area contributed by atoms with Gasteiger partial charge in [-0.25, -0.2) is 4.98 Å². The van der Waals surface area contributed by atoms with Crippen molar-refractivity contribution < 1.29 is 0 Å². The minimum atomic E-state index is 0.537. The summed E-state index contributed by atoms with van der Waals surface area (Å²) < 4.78 is 0. The number of nitrogens with one attached hydrogen (secondary N) is 1. The molecule has 1 N–H and O–H groups in total. The zero-order chi connectivity index (χ0) is 14.4. The molecule has 0 radical (unpaired) electrons. The van der Waals surface area contributed by atoms with Crippen LogP contribution in [0.15, 0.2) is 6.20 Å². The highest BCUT2D eigenvalue weighted by Gasteiger charge is 2.15. The Balaban J connectivity index is 1.69. The van der Waals surface area contributed by atoms with Crippen LogP contribution < -0.4 is 5.32 Å². The highest BCUT2D eigenvalue weighted by Crippen LogP contribution is 2.14. The molecule has 20 heavy (non-hydrogen) atoms. The van der Waals surface area contributed by atoms with Crippen LogP contribution >= 0.6 is 11.3 Å². The van der Waals surface area contributed by atoms with Crippen molar-refractivity contribution in [3.63, 3.8) is 0 Å². The second-order valence-electron chi connectivity index (χ2n) is 5.78. The summed E-state index contributed by atoms with van der Waals surface area (Å²) in [6, 6.07) is 0.537. The lowest BCUT2D eigenvalue weighted by Gasteiger charge is -2.33. The SMILES string of the molecule is CCN1CCN(CCc2ncc(CNC(C)C)s2)CC1. The molecule has 1 fully saturated rings. The third kappa shape index (κ3) is 5.13. The molecule has 0 aromatic carbocycles. The van der Waals surface area contributed by atoms with Gasteiger partial charge < -0.3 is 15.1 Å². The number of hydrogen-bond donors (Lipinski definition) is 1. The second kappa shape index (κ2) is 8.08. The van der Waals surface area contributed by atoms with Gasteiger partial charge in [-0.15, -0.1) is 11.3 Å². The zero-order valence-electron chi connectivity index (χ0n) is 13.1. The third-order valence-corrected chi connectivity index (χ3v) is 4.90. The van der Waals surface area contributed by atoms with E-state index < -0.39 is 0 Å². The van der Waals surface area contributed by atoms with Gasteiger partial charge in [0, 0.05) is 62.8 Å². The summed E-state index contributed by atoms with van der Waals surface area (Å²) in [6.07, 6.45) is 3.13. The summed E-state index contributed by atoms with van der Waals surface area (Å²) in [4.78, 5) is 11.0. The molecule has 0 unspecified atom stereocenters. The minimum absolute atomic E-state index is 0.537. The standard InChI is InChI=1S/C15H28N4S/c1-4-18-7-9-19(10-8-18)6-5-15-17-12-14(20-15)11-16-13(2)3/h12-13,16H,4-11H2,1-3H3. The number of hydrogen-bond acceptors (Lipinski definition) is 5. The lowest BCUT2D eigenvalue weighted by atomic mass is 10.3. The molecule has 4 nitrogen and oxygen atoms in total. The molecule has 0 amide bonds. The summed E-state index contributed by atoms with van der Waals surface area (Å²) >= 11 is 1.86. The van der Waals surface area contributed by atoms with E-state index in [-0.39, 0.29) is 0 Å². The predicted octanol–water partition coefficient (Wildman–Crippen LogP) is 1.82. The maximum absolute atomic E-state index is 4.55. The molecule has 0 aliphatic carbocycles. The van der Waals surface area contributed by atoms with Crippen LogP contribution in [0.2, 0.25) is 0 Å². The Hall–Kier alpha value is -0.490. The van der Waals surface area contributed by atoms with Gasteiger partial charge >= 0.3 is 0 Å². The van der Waals surface area contributed by atoms with Gasteiger partial charge in [0.25, 0.3) is 0 Å². The summed E-state index contributed by atoms with van der Waals surface area (Å²) in [5, 5.41) is 4.73. The predicted molar refractivity (Wildman–Crippen MR) is 86.3 cm³/mol. The molecule has 1 aromatic rings. The van der Waals surface area contributed by atoms with Crippen LogP contribution in [0, 0.1) is 0 Å². The van der Waals surface area contributed by atoms with Gasteiger partial charge in [-0.2, -0.15) is 0 Å². The van der Waals surface area contributed by atoms with Crippen LogP contribution in [0.3, 0.4) is 0 Å². The molecule has 0 atom stereocenters. The summed E-state index contributed by atoms with van der Waals surface area (Å²) in [5.74, 6) is 0. The number of aromatic nitrogens is 1. The Kier molecular flexibility index (Phi) is 6.42. The molecule has 0 saturated carbocycles. The Morgan fingerprint density at radius 3 is 2.60 bits per heavy atom. The smallest absolute Gasteiger partial charge is 0.0940 e. The van der Waals surface area contributed by atoms with Crippen LogP contribution in [0.4, 0.5) is 0 Å². The highest BCUT2D eigenvalue weighted by molar-refractivity contribution is 7.11. The molecule has 114 valence electrons. The first-order valence-corrected chi connectivity index (χ1v) is 8.60. The first-order valence-electron chi connectivity index (χ1n) is 7.79. The fourth-order valence-electron chi connectivity index (χ4n) is 2.43. The van der Waals surface area contributed by atoms with Crippen molar-refractivity contribution in [1.29, 1.82) is 0 Å². The molecule has 0 spiro atoms. The van der Waals surface area contributed by atoms with E-state index in [9.17, 15) is 0 Å². The van der Waals surface area contributed by atoms with E-state index in [0.29, 0.717) is 6.04 Å². The topological polar surface area (TPSA) is 31.4 Å². The van der Waals surface area contributed by atoms with E-state index in [1.807, 2.05) is 17.5 Å². The van der Waals surface area contributed by atoms with Crippen molar-refractivity contribution in [2.75, 3.05) is 39.3 Å². The van der Waals surface area contributed by atoms with Crippen LogP contribution in [0.1, 0.15) is 30.7 Å². The fraction of sp³-hybridized carbons (Fsp3) is 0.800. The van der Waals surface area contributed by atoms with Crippen molar-refractivity contribution in [1.82, 2.24) is 20.1 Å². The average molecular weight is 296 g/mol. The lowest BCUT2D eigenvalue weighted by Crippen LogP contribution is -2.46. The largest absolute Gasteiger partial charge is 0.310 e. The maximum Gasteiger partial charge on any atom is 0.0940 e. The van der Waals surface area contributed by atoms with Crippen molar-refractivity contribution >= 4 is 11.3 Å². The van der Waals surface area contributed by atoms with Crippen LogP contribution in [-0.2, 0) is 13.0 Å². The number of likely N-dealkylation sites (N-methyl/N-ethyl adjacent to an activating group) is 1. The number of rotatable bonds is 7. The monoisotopic (exact) mass is 296 g/mol. The number of piperazine rings is 1.